The Hall–Kier alpha value is -2.41. The summed E-state index contributed by atoms with van der Waals surface area (Å²) in [5, 5.41) is 0. The molecule has 2 rings (SSSR count). The van der Waals surface area contributed by atoms with Crippen LogP contribution in [-0.2, 0) is 16.4 Å². The Balaban J connectivity index is 2.25. The number of sulfonamides is 1. The molecule has 0 unspecified atom stereocenters. The largest absolute Gasteiger partial charge is 0.398 e. The summed E-state index contributed by atoms with van der Waals surface area (Å²) in [5.41, 5.74) is 8.41. The summed E-state index contributed by atoms with van der Waals surface area (Å²) in [6.45, 7) is 1.46. The fraction of sp³-hybridized carbons (Fsp3) is 0.200. The Kier molecular flexibility index (Phi) is 4.77. The highest BCUT2D eigenvalue weighted by atomic mass is 32.2. The maximum Gasteiger partial charge on any atom is 0.264 e. The van der Waals surface area contributed by atoms with Gasteiger partial charge in [0.25, 0.3) is 5.91 Å². The number of hydrogen-bond acceptors (Lipinski definition) is 5. The molecule has 0 saturated carbocycles. The number of nitrogen functional groups attached to an aromatic ring is 1. The molecule has 1 amide bonds. The van der Waals surface area contributed by atoms with Crippen LogP contribution in [0.1, 0.15) is 28.4 Å². The van der Waals surface area contributed by atoms with Gasteiger partial charge in [0.05, 0.1) is 5.75 Å². The molecule has 0 fully saturated rings. The van der Waals surface area contributed by atoms with E-state index in [2.05, 4.69) is 4.98 Å². The molecular formula is C15H17N3O3S. The van der Waals surface area contributed by atoms with Crippen LogP contribution in [0.15, 0.2) is 42.7 Å². The molecular weight excluding hydrogens is 302 g/mol. The highest BCUT2D eigenvalue weighted by molar-refractivity contribution is 7.90. The molecule has 0 aliphatic carbocycles. The molecule has 3 N–H and O–H groups in total. The lowest BCUT2D eigenvalue weighted by Gasteiger charge is -2.09. The van der Waals surface area contributed by atoms with Gasteiger partial charge in [0.2, 0.25) is 10.0 Å². The first kappa shape index (κ1) is 16.0. The average Bonchev–Trinajstić information content (AvgIpc) is 2.50. The lowest BCUT2D eigenvalue weighted by Crippen LogP contribution is -2.31. The van der Waals surface area contributed by atoms with Gasteiger partial charge in [-0.1, -0.05) is 6.07 Å². The predicted octanol–water partition coefficient (Wildman–Crippen LogP) is 1.33. The second kappa shape index (κ2) is 6.57. The van der Waals surface area contributed by atoms with Crippen LogP contribution in [-0.4, -0.2) is 25.1 Å². The third-order valence-corrected chi connectivity index (χ3v) is 4.41. The zero-order chi connectivity index (χ0) is 16.2. The van der Waals surface area contributed by atoms with E-state index in [1.54, 1.807) is 24.5 Å². The van der Waals surface area contributed by atoms with Crippen LogP contribution in [0.2, 0.25) is 0 Å². The van der Waals surface area contributed by atoms with E-state index in [9.17, 15) is 13.2 Å². The maximum absolute atomic E-state index is 12.0. The number of anilines is 1. The number of aromatic nitrogens is 1. The number of rotatable bonds is 5. The molecule has 0 aliphatic heterocycles. The van der Waals surface area contributed by atoms with Gasteiger partial charge < -0.3 is 5.73 Å². The number of amides is 1. The van der Waals surface area contributed by atoms with Crippen molar-refractivity contribution in [2.24, 2.45) is 0 Å². The van der Waals surface area contributed by atoms with E-state index in [4.69, 9.17) is 5.73 Å². The van der Waals surface area contributed by atoms with E-state index in [1.807, 2.05) is 16.9 Å². The van der Waals surface area contributed by atoms with Crippen molar-refractivity contribution in [2.45, 2.75) is 13.3 Å². The van der Waals surface area contributed by atoms with Crippen LogP contribution in [0.25, 0.3) is 0 Å². The van der Waals surface area contributed by atoms with Crippen LogP contribution < -0.4 is 10.5 Å². The van der Waals surface area contributed by atoms with Crippen molar-refractivity contribution in [2.75, 3.05) is 11.5 Å². The first-order valence-electron chi connectivity index (χ1n) is 6.73. The average molecular weight is 319 g/mol. The van der Waals surface area contributed by atoms with Gasteiger partial charge in [-0.25, -0.2) is 13.1 Å². The van der Waals surface area contributed by atoms with Crippen molar-refractivity contribution in [1.29, 1.82) is 0 Å². The molecule has 2 aromatic rings. The van der Waals surface area contributed by atoms with Crippen LogP contribution in [0, 0.1) is 0 Å². The van der Waals surface area contributed by atoms with Crippen molar-refractivity contribution in [3.63, 3.8) is 0 Å². The molecule has 0 aliphatic rings. The van der Waals surface area contributed by atoms with Crippen molar-refractivity contribution in [1.82, 2.24) is 9.71 Å². The second-order valence-corrected chi connectivity index (χ2v) is 6.80. The number of benzene rings is 1. The highest BCUT2D eigenvalue weighted by Crippen LogP contribution is 2.18. The minimum absolute atomic E-state index is 0.156. The minimum atomic E-state index is -3.59. The first-order chi connectivity index (χ1) is 10.4. The van der Waals surface area contributed by atoms with Gasteiger partial charge in [-0.05, 0) is 42.3 Å². The van der Waals surface area contributed by atoms with E-state index in [1.165, 1.54) is 13.0 Å². The Bertz CT molecular complexity index is 774. The number of nitrogens with two attached hydrogens (primary N) is 1. The number of hydrogen-bond donors (Lipinski definition) is 2. The van der Waals surface area contributed by atoms with Gasteiger partial charge in [0, 0.05) is 30.1 Å². The van der Waals surface area contributed by atoms with Crippen LogP contribution in [0.4, 0.5) is 5.69 Å². The van der Waals surface area contributed by atoms with Gasteiger partial charge in [0.15, 0.2) is 0 Å². The van der Waals surface area contributed by atoms with Crippen LogP contribution in [0.5, 0.6) is 0 Å². The SMILES string of the molecule is CCS(=O)(=O)NC(=O)c1ccc(N)c(Cc2cccnc2)c1. The summed E-state index contributed by atoms with van der Waals surface area (Å²) in [6, 6.07) is 8.42. The third kappa shape index (κ3) is 4.05. The molecule has 0 radical (unpaired) electrons. The van der Waals surface area contributed by atoms with Gasteiger partial charge >= 0.3 is 0 Å². The smallest absolute Gasteiger partial charge is 0.264 e. The van der Waals surface area contributed by atoms with Gasteiger partial charge in [-0.2, -0.15) is 0 Å². The van der Waals surface area contributed by atoms with Crippen molar-refractivity contribution < 1.29 is 13.2 Å². The normalized spacial score (nSPS) is 11.1. The van der Waals surface area contributed by atoms with E-state index >= 15 is 0 Å². The molecule has 7 heteroatoms. The highest BCUT2D eigenvalue weighted by Gasteiger charge is 2.15. The van der Waals surface area contributed by atoms with Crippen molar-refractivity contribution >= 4 is 21.6 Å². The quantitative estimate of drug-likeness (QED) is 0.810. The Morgan fingerprint density at radius 1 is 1.32 bits per heavy atom. The summed E-state index contributed by atoms with van der Waals surface area (Å²) in [6.07, 6.45) is 3.90. The van der Waals surface area contributed by atoms with Crippen molar-refractivity contribution in [3.8, 4) is 0 Å². The predicted molar refractivity (Wildman–Crippen MR) is 84.8 cm³/mol. The maximum atomic E-state index is 12.0. The third-order valence-electron chi connectivity index (χ3n) is 3.15. The lowest BCUT2D eigenvalue weighted by molar-refractivity contribution is 0.0981. The van der Waals surface area contributed by atoms with Gasteiger partial charge in [-0.3, -0.25) is 9.78 Å². The summed E-state index contributed by atoms with van der Waals surface area (Å²) < 4.78 is 24.9. The zero-order valence-electron chi connectivity index (χ0n) is 12.1. The second-order valence-electron chi connectivity index (χ2n) is 4.79. The van der Waals surface area contributed by atoms with E-state index in [0.717, 1.165) is 11.1 Å². The molecule has 6 nitrogen and oxygen atoms in total. The standard InChI is InChI=1S/C15H17N3O3S/c1-2-22(20,21)18-15(19)12-5-6-14(16)13(9-12)8-11-4-3-7-17-10-11/h3-7,9-10H,2,8,16H2,1H3,(H,18,19). The molecule has 0 saturated heterocycles. The van der Waals surface area contributed by atoms with Crippen molar-refractivity contribution in [3.05, 3.63) is 59.4 Å². The Labute approximate surface area is 129 Å². The van der Waals surface area contributed by atoms with E-state index in [-0.39, 0.29) is 11.3 Å². The van der Waals surface area contributed by atoms with Crippen LogP contribution >= 0.6 is 0 Å². The summed E-state index contributed by atoms with van der Waals surface area (Å²) in [4.78, 5) is 16.0. The topological polar surface area (TPSA) is 102 Å². The van der Waals surface area contributed by atoms with Gasteiger partial charge in [-0.15, -0.1) is 0 Å². The molecule has 1 aromatic carbocycles. The van der Waals surface area contributed by atoms with Crippen LogP contribution in [0.3, 0.4) is 0 Å². The van der Waals surface area contributed by atoms with Gasteiger partial charge in [0.1, 0.15) is 0 Å². The fourth-order valence-corrected chi connectivity index (χ4v) is 2.44. The monoisotopic (exact) mass is 319 g/mol. The number of carbonyl (C=O) groups excluding carboxylic acids is 1. The molecule has 0 atom stereocenters. The first-order valence-corrected chi connectivity index (χ1v) is 8.38. The molecule has 116 valence electrons. The van der Waals surface area contributed by atoms with E-state index < -0.39 is 15.9 Å². The minimum Gasteiger partial charge on any atom is -0.398 e. The summed E-state index contributed by atoms with van der Waals surface area (Å²) in [5.74, 6) is -0.815. The zero-order valence-corrected chi connectivity index (χ0v) is 12.9. The molecule has 0 spiro atoms. The lowest BCUT2D eigenvalue weighted by atomic mass is 10.0. The molecule has 0 bridgehead atoms. The summed E-state index contributed by atoms with van der Waals surface area (Å²) in [7, 11) is -3.59. The number of nitrogens with one attached hydrogen (secondary N) is 1. The molecule has 22 heavy (non-hydrogen) atoms. The number of nitrogens with zero attached hydrogens (tertiary/aromatic N) is 1. The fourth-order valence-electron chi connectivity index (χ4n) is 1.90. The Morgan fingerprint density at radius 2 is 2.09 bits per heavy atom. The summed E-state index contributed by atoms with van der Waals surface area (Å²) >= 11 is 0. The molecule has 1 heterocycles. The number of pyridine rings is 1. The Morgan fingerprint density at radius 3 is 2.73 bits per heavy atom. The van der Waals surface area contributed by atoms with E-state index in [0.29, 0.717) is 12.1 Å². The molecule has 1 aromatic heterocycles. The number of carbonyl (C=O) groups is 1.